The number of hydrogen-bond acceptors (Lipinski definition) is 2. The van der Waals surface area contributed by atoms with Crippen LogP contribution in [-0.2, 0) is 6.42 Å². The van der Waals surface area contributed by atoms with Gasteiger partial charge in [-0.15, -0.1) is 0 Å². The summed E-state index contributed by atoms with van der Waals surface area (Å²) in [6.07, 6.45) is 2.39. The average Bonchev–Trinajstić information content (AvgIpc) is 2.59. The Hall–Kier alpha value is -0.860. The van der Waals surface area contributed by atoms with Gasteiger partial charge in [0.25, 0.3) is 0 Å². The molecule has 2 heteroatoms. The van der Waals surface area contributed by atoms with E-state index in [1.807, 2.05) is 0 Å². The Balaban J connectivity index is 1.80. The van der Waals surface area contributed by atoms with Crippen molar-refractivity contribution in [3.8, 4) is 0 Å². The van der Waals surface area contributed by atoms with Crippen LogP contribution in [0.25, 0.3) is 0 Å². The van der Waals surface area contributed by atoms with E-state index in [2.05, 4.69) is 61.4 Å². The predicted octanol–water partition coefficient (Wildman–Crippen LogP) is 2.30. The summed E-state index contributed by atoms with van der Waals surface area (Å²) in [7, 11) is 2.22. The number of likely N-dealkylation sites (N-methyl/N-ethyl adjacent to an activating group) is 1. The number of hydrogen-bond donors (Lipinski definition) is 1. The first-order chi connectivity index (χ1) is 8.15. The second-order valence-electron chi connectivity index (χ2n) is 5.48. The highest BCUT2D eigenvalue weighted by Crippen LogP contribution is 2.15. The molecule has 1 saturated heterocycles. The fourth-order valence-corrected chi connectivity index (χ4v) is 2.74. The highest BCUT2D eigenvalue weighted by Gasteiger charge is 2.26. The van der Waals surface area contributed by atoms with Gasteiger partial charge in [0.2, 0.25) is 0 Å². The molecule has 2 nitrogen and oxygen atoms in total. The van der Waals surface area contributed by atoms with Gasteiger partial charge in [0.05, 0.1) is 0 Å². The lowest BCUT2D eigenvalue weighted by molar-refractivity contribution is 0.324. The Kier molecular flexibility index (Phi) is 4.19. The summed E-state index contributed by atoms with van der Waals surface area (Å²) >= 11 is 0. The molecule has 0 aliphatic carbocycles. The molecule has 0 bridgehead atoms. The van der Waals surface area contributed by atoms with Crippen LogP contribution in [0.4, 0.5) is 0 Å². The monoisotopic (exact) mass is 232 g/mol. The Morgan fingerprint density at radius 2 is 2.06 bits per heavy atom. The molecule has 3 unspecified atom stereocenters. The predicted molar refractivity (Wildman–Crippen MR) is 73.2 cm³/mol. The van der Waals surface area contributed by atoms with Gasteiger partial charge in [-0.25, -0.2) is 0 Å². The average molecular weight is 232 g/mol. The maximum atomic E-state index is 3.75. The lowest BCUT2D eigenvalue weighted by Crippen LogP contribution is -2.39. The molecule has 0 aromatic heterocycles. The van der Waals surface area contributed by atoms with Crippen molar-refractivity contribution in [2.75, 3.05) is 13.6 Å². The van der Waals surface area contributed by atoms with Gasteiger partial charge in [-0.1, -0.05) is 30.3 Å². The maximum Gasteiger partial charge on any atom is 0.0212 e. The summed E-state index contributed by atoms with van der Waals surface area (Å²) in [5, 5.41) is 3.75. The van der Waals surface area contributed by atoms with Gasteiger partial charge in [0.15, 0.2) is 0 Å². The summed E-state index contributed by atoms with van der Waals surface area (Å²) in [6.45, 7) is 5.78. The van der Waals surface area contributed by atoms with Crippen LogP contribution >= 0.6 is 0 Å². The molecule has 1 aromatic rings. The largest absolute Gasteiger partial charge is 0.310 e. The molecule has 0 spiro atoms. The molecule has 0 saturated carbocycles. The first-order valence-electron chi connectivity index (χ1n) is 6.65. The molecule has 94 valence electrons. The highest BCUT2D eigenvalue weighted by atomic mass is 15.2. The SMILES string of the molecule is CC(Cc1ccccc1)NC1CC(C)N(C)C1. The fraction of sp³-hybridized carbons (Fsp3) is 0.600. The molecule has 1 N–H and O–H groups in total. The normalized spacial score (nSPS) is 27.2. The smallest absolute Gasteiger partial charge is 0.0212 e. The summed E-state index contributed by atoms with van der Waals surface area (Å²) < 4.78 is 0. The van der Waals surface area contributed by atoms with Gasteiger partial charge in [0.1, 0.15) is 0 Å². The standard InChI is InChI=1S/C15H24N2/c1-12(9-14-7-5-4-6-8-14)16-15-10-13(2)17(3)11-15/h4-8,12-13,15-16H,9-11H2,1-3H3. The zero-order valence-corrected chi connectivity index (χ0v) is 11.2. The van der Waals surface area contributed by atoms with E-state index in [-0.39, 0.29) is 0 Å². The third kappa shape index (κ3) is 3.55. The van der Waals surface area contributed by atoms with Crippen LogP contribution in [0, 0.1) is 0 Å². The molecule has 1 aromatic carbocycles. The van der Waals surface area contributed by atoms with E-state index in [9.17, 15) is 0 Å². The summed E-state index contributed by atoms with van der Waals surface area (Å²) in [5.74, 6) is 0. The van der Waals surface area contributed by atoms with Gasteiger partial charge in [-0.2, -0.15) is 0 Å². The van der Waals surface area contributed by atoms with E-state index < -0.39 is 0 Å². The van der Waals surface area contributed by atoms with E-state index in [4.69, 9.17) is 0 Å². The molecule has 1 fully saturated rings. The topological polar surface area (TPSA) is 15.3 Å². The van der Waals surface area contributed by atoms with E-state index in [1.165, 1.54) is 18.5 Å². The molecule has 0 radical (unpaired) electrons. The molecule has 1 aliphatic rings. The van der Waals surface area contributed by atoms with Crippen molar-refractivity contribution in [1.29, 1.82) is 0 Å². The van der Waals surface area contributed by atoms with Crippen LogP contribution in [0.3, 0.4) is 0 Å². The molecule has 2 rings (SSSR count). The van der Waals surface area contributed by atoms with Crippen LogP contribution in [-0.4, -0.2) is 36.6 Å². The highest BCUT2D eigenvalue weighted by molar-refractivity contribution is 5.15. The Labute approximate surface area is 105 Å². The molecule has 1 heterocycles. The number of likely N-dealkylation sites (tertiary alicyclic amines) is 1. The quantitative estimate of drug-likeness (QED) is 0.857. The Morgan fingerprint density at radius 1 is 1.35 bits per heavy atom. The number of rotatable bonds is 4. The van der Waals surface area contributed by atoms with Crippen LogP contribution in [0.1, 0.15) is 25.8 Å². The minimum Gasteiger partial charge on any atom is -0.310 e. The summed E-state index contributed by atoms with van der Waals surface area (Å²) in [6, 6.07) is 12.7. The van der Waals surface area contributed by atoms with Crippen molar-refractivity contribution in [1.82, 2.24) is 10.2 Å². The summed E-state index contributed by atoms with van der Waals surface area (Å²) in [5.41, 5.74) is 1.42. The van der Waals surface area contributed by atoms with Gasteiger partial charge in [-0.3, -0.25) is 0 Å². The van der Waals surface area contributed by atoms with E-state index in [0.717, 1.165) is 12.5 Å². The van der Waals surface area contributed by atoms with Crippen LogP contribution < -0.4 is 5.32 Å². The first kappa shape index (κ1) is 12.6. The zero-order valence-electron chi connectivity index (χ0n) is 11.2. The van der Waals surface area contributed by atoms with Gasteiger partial charge < -0.3 is 10.2 Å². The van der Waals surface area contributed by atoms with Gasteiger partial charge >= 0.3 is 0 Å². The zero-order chi connectivity index (χ0) is 12.3. The van der Waals surface area contributed by atoms with Crippen LogP contribution in [0.15, 0.2) is 30.3 Å². The minimum absolute atomic E-state index is 0.557. The molecule has 0 amide bonds. The lowest BCUT2D eigenvalue weighted by Gasteiger charge is -2.19. The van der Waals surface area contributed by atoms with E-state index in [1.54, 1.807) is 0 Å². The van der Waals surface area contributed by atoms with Gasteiger partial charge in [0, 0.05) is 24.7 Å². The van der Waals surface area contributed by atoms with Crippen molar-refractivity contribution in [2.24, 2.45) is 0 Å². The maximum absolute atomic E-state index is 3.75. The van der Waals surface area contributed by atoms with Crippen molar-refractivity contribution in [3.05, 3.63) is 35.9 Å². The van der Waals surface area contributed by atoms with E-state index in [0.29, 0.717) is 12.1 Å². The van der Waals surface area contributed by atoms with Crippen molar-refractivity contribution >= 4 is 0 Å². The minimum atomic E-state index is 0.557. The second-order valence-corrected chi connectivity index (χ2v) is 5.48. The second kappa shape index (κ2) is 5.65. The third-order valence-corrected chi connectivity index (χ3v) is 3.79. The third-order valence-electron chi connectivity index (χ3n) is 3.79. The lowest BCUT2D eigenvalue weighted by atomic mass is 10.1. The molecular formula is C15H24N2. The fourth-order valence-electron chi connectivity index (χ4n) is 2.74. The molecule has 3 atom stereocenters. The number of nitrogens with one attached hydrogen (secondary N) is 1. The van der Waals surface area contributed by atoms with Crippen molar-refractivity contribution in [2.45, 2.75) is 44.8 Å². The van der Waals surface area contributed by atoms with Crippen LogP contribution in [0.2, 0.25) is 0 Å². The number of nitrogens with zero attached hydrogens (tertiary/aromatic N) is 1. The Morgan fingerprint density at radius 3 is 2.65 bits per heavy atom. The van der Waals surface area contributed by atoms with Crippen molar-refractivity contribution in [3.63, 3.8) is 0 Å². The summed E-state index contributed by atoms with van der Waals surface area (Å²) in [4.78, 5) is 2.44. The molecular weight excluding hydrogens is 208 g/mol. The van der Waals surface area contributed by atoms with E-state index >= 15 is 0 Å². The Bertz CT molecular complexity index is 326. The van der Waals surface area contributed by atoms with Gasteiger partial charge in [-0.05, 0) is 39.3 Å². The molecule has 1 aliphatic heterocycles. The molecule has 17 heavy (non-hydrogen) atoms. The number of benzene rings is 1. The van der Waals surface area contributed by atoms with Crippen LogP contribution in [0.5, 0.6) is 0 Å². The first-order valence-corrected chi connectivity index (χ1v) is 6.65. The van der Waals surface area contributed by atoms with Crippen molar-refractivity contribution < 1.29 is 0 Å².